The molecule has 0 spiro atoms. The van der Waals surface area contributed by atoms with Crippen LogP contribution in [0.4, 0.5) is 0 Å². The molecular weight excluding hydrogens is 376 g/mol. The number of nitrogens with zero attached hydrogens (tertiary/aromatic N) is 2. The molecule has 2 aromatic rings. The predicted molar refractivity (Wildman–Crippen MR) is 102 cm³/mol. The van der Waals surface area contributed by atoms with Gasteiger partial charge in [-0.15, -0.1) is 0 Å². The van der Waals surface area contributed by atoms with Gasteiger partial charge in [0.2, 0.25) is 0 Å². The van der Waals surface area contributed by atoms with Gasteiger partial charge in [-0.05, 0) is 18.2 Å². The Morgan fingerprint density at radius 2 is 1.55 bits per heavy atom. The number of para-hydroxylation sites is 1. The second kappa shape index (κ2) is 8.55. The van der Waals surface area contributed by atoms with E-state index in [1.807, 2.05) is 18.2 Å². The molecule has 2 aromatic carbocycles. The summed E-state index contributed by atoms with van der Waals surface area (Å²) in [6.45, 7) is -0.762. The van der Waals surface area contributed by atoms with E-state index in [1.54, 1.807) is 32.4 Å². The van der Waals surface area contributed by atoms with Gasteiger partial charge in [-0.1, -0.05) is 30.3 Å². The van der Waals surface area contributed by atoms with Gasteiger partial charge in [0.15, 0.2) is 6.61 Å². The molecule has 3 amide bonds. The Bertz CT molecular complexity index is 936. The summed E-state index contributed by atoms with van der Waals surface area (Å²) in [5, 5.41) is 0. The van der Waals surface area contributed by atoms with E-state index >= 15 is 0 Å². The van der Waals surface area contributed by atoms with E-state index < -0.39 is 36.8 Å². The van der Waals surface area contributed by atoms with E-state index in [1.165, 1.54) is 17.0 Å². The zero-order valence-electron chi connectivity index (χ0n) is 16.1. The molecule has 0 unspecified atom stereocenters. The molecule has 8 heteroatoms. The Labute approximate surface area is 167 Å². The average molecular weight is 396 g/mol. The predicted octanol–water partition coefficient (Wildman–Crippen LogP) is 1.49. The summed E-state index contributed by atoms with van der Waals surface area (Å²) < 4.78 is 10.2. The third kappa shape index (κ3) is 4.26. The molecule has 0 fully saturated rings. The van der Waals surface area contributed by atoms with Crippen LogP contribution in [-0.4, -0.2) is 60.8 Å². The third-order valence-electron chi connectivity index (χ3n) is 4.55. The lowest BCUT2D eigenvalue weighted by atomic mass is 10.1. The molecule has 1 aliphatic rings. The molecule has 150 valence electrons. The Kier molecular flexibility index (Phi) is 5.92. The summed E-state index contributed by atoms with van der Waals surface area (Å²) in [6.07, 6.45) is 0. The number of esters is 1. The van der Waals surface area contributed by atoms with Crippen molar-refractivity contribution in [2.45, 2.75) is 6.54 Å². The first-order chi connectivity index (χ1) is 13.9. The Morgan fingerprint density at radius 3 is 2.17 bits per heavy atom. The molecule has 1 heterocycles. The molecule has 0 aliphatic carbocycles. The number of hydrogen-bond donors (Lipinski definition) is 0. The van der Waals surface area contributed by atoms with Gasteiger partial charge >= 0.3 is 5.97 Å². The van der Waals surface area contributed by atoms with Crippen molar-refractivity contribution >= 4 is 23.7 Å². The van der Waals surface area contributed by atoms with Crippen molar-refractivity contribution in [2.24, 2.45) is 0 Å². The second-order valence-electron chi connectivity index (χ2n) is 6.46. The van der Waals surface area contributed by atoms with Crippen LogP contribution in [-0.2, 0) is 20.9 Å². The zero-order chi connectivity index (χ0) is 21.0. The number of carbonyl (C=O) groups excluding carboxylic acids is 4. The third-order valence-corrected chi connectivity index (χ3v) is 4.55. The van der Waals surface area contributed by atoms with E-state index in [2.05, 4.69) is 0 Å². The average Bonchev–Trinajstić information content (AvgIpc) is 2.97. The molecule has 0 bridgehead atoms. The van der Waals surface area contributed by atoms with E-state index in [9.17, 15) is 19.2 Å². The largest absolute Gasteiger partial charge is 0.496 e. The molecule has 0 N–H and O–H groups in total. The molecule has 0 radical (unpaired) electrons. The van der Waals surface area contributed by atoms with Crippen LogP contribution in [0.5, 0.6) is 5.75 Å². The fourth-order valence-electron chi connectivity index (χ4n) is 2.99. The SMILES string of the molecule is COc1ccccc1CN(C)C(=O)COC(=O)CN1C(=O)c2ccccc2C1=O. The molecule has 29 heavy (non-hydrogen) atoms. The van der Waals surface area contributed by atoms with Crippen molar-refractivity contribution in [3.63, 3.8) is 0 Å². The van der Waals surface area contributed by atoms with Crippen molar-refractivity contribution < 1.29 is 28.7 Å². The summed E-state index contributed by atoms with van der Waals surface area (Å²) in [4.78, 5) is 51.1. The lowest BCUT2D eigenvalue weighted by Crippen LogP contribution is -2.37. The molecule has 8 nitrogen and oxygen atoms in total. The number of fused-ring (bicyclic) bond motifs is 1. The summed E-state index contributed by atoms with van der Waals surface area (Å²) >= 11 is 0. The quantitative estimate of drug-likeness (QED) is 0.520. The lowest BCUT2D eigenvalue weighted by Gasteiger charge is -2.19. The van der Waals surface area contributed by atoms with Crippen LogP contribution in [0, 0.1) is 0 Å². The minimum absolute atomic E-state index is 0.248. The topological polar surface area (TPSA) is 93.2 Å². The number of methoxy groups -OCH3 is 1. The van der Waals surface area contributed by atoms with Gasteiger partial charge in [0, 0.05) is 19.2 Å². The number of carbonyl (C=O) groups is 4. The van der Waals surface area contributed by atoms with Crippen LogP contribution < -0.4 is 4.74 Å². The summed E-state index contributed by atoms with van der Waals surface area (Å²) in [5.74, 6) is -1.72. The second-order valence-corrected chi connectivity index (χ2v) is 6.46. The van der Waals surface area contributed by atoms with Crippen LogP contribution in [0.2, 0.25) is 0 Å². The lowest BCUT2D eigenvalue weighted by molar-refractivity contribution is -0.151. The normalized spacial score (nSPS) is 12.6. The maximum atomic E-state index is 12.3. The van der Waals surface area contributed by atoms with Gasteiger partial charge in [-0.25, -0.2) is 0 Å². The minimum Gasteiger partial charge on any atom is -0.496 e. The number of hydrogen-bond acceptors (Lipinski definition) is 6. The van der Waals surface area contributed by atoms with Crippen molar-refractivity contribution in [2.75, 3.05) is 27.3 Å². The van der Waals surface area contributed by atoms with Crippen LogP contribution in [0.1, 0.15) is 26.3 Å². The molecule has 3 rings (SSSR count). The highest BCUT2D eigenvalue weighted by Gasteiger charge is 2.36. The first-order valence-electron chi connectivity index (χ1n) is 8.89. The number of imide groups is 1. The fourth-order valence-corrected chi connectivity index (χ4v) is 2.99. The van der Waals surface area contributed by atoms with Gasteiger partial charge in [-0.2, -0.15) is 0 Å². The molecule has 0 atom stereocenters. The first-order valence-corrected chi connectivity index (χ1v) is 8.89. The number of rotatable bonds is 7. The fraction of sp³-hybridized carbons (Fsp3) is 0.238. The van der Waals surface area contributed by atoms with Crippen LogP contribution in [0.25, 0.3) is 0 Å². The van der Waals surface area contributed by atoms with Gasteiger partial charge < -0.3 is 14.4 Å². The molecule has 0 aromatic heterocycles. The molecule has 0 saturated heterocycles. The van der Waals surface area contributed by atoms with Crippen molar-refractivity contribution in [3.8, 4) is 5.75 Å². The van der Waals surface area contributed by atoms with Crippen LogP contribution in [0.15, 0.2) is 48.5 Å². The highest BCUT2D eigenvalue weighted by molar-refractivity contribution is 6.22. The Morgan fingerprint density at radius 1 is 0.966 bits per heavy atom. The van der Waals surface area contributed by atoms with E-state index in [0.29, 0.717) is 5.75 Å². The van der Waals surface area contributed by atoms with Crippen molar-refractivity contribution in [3.05, 3.63) is 65.2 Å². The van der Waals surface area contributed by atoms with E-state index in [-0.39, 0.29) is 17.7 Å². The molecule has 1 aliphatic heterocycles. The molecule has 0 saturated carbocycles. The number of benzene rings is 2. The Balaban J connectivity index is 1.52. The van der Waals surface area contributed by atoms with Gasteiger partial charge in [0.05, 0.1) is 18.2 Å². The van der Waals surface area contributed by atoms with Gasteiger partial charge in [0.25, 0.3) is 17.7 Å². The summed E-state index contributed by atoms with van der Waals surface area (Å²) in [7, 11) is 3.12. The Hall–Kier alpha value is -3.68. The smallest absolute Gasteiger partial charge is 0.326 e. The number of likely N-dealkylation sites (N-methyl/N-ethyl adjacent to an activating group) is 1. The van der Waals surface area contributed by atoms with Crippen LogP contribution in [0.3, 0.4) is 0 Å². The monoisotopic (exact) mass is 396 g/mol. The maximum absolute atomic E-state index is 12.3. The minimum atomic E-state index is -0.835. The number of ether oxygens (including phenoxy) is 2. The van der Waals surface area contributed by atoms with Crippen LogP contribution >= 0.6 is 0 Å². The van der Waals surface area contributed by atoms with Crippen molar-refractivity contribution in [1.82, 2.24) is 9.80 Å². The first kappa shape index (κ1) is 20.1. The standard InChI is InChI=1S/C21H20N2O6/c1-22(11-14-7-3-6-10-17(14)28-2)18(24)13-29-19(25)12-23-20(26)15-8-4-5-9-16(15)21(23)27/h3-10H,11-13H2,1-2H3. The van der Waals surface area contributed by atoms with Crippen molar-refractivity contribution in [1.29, 1.82) is 0 Å². The van der Waals surface area contributed by atoms with E-state index in [4.69, 9.17) is 9.47 Å². The summed E-state index contributed by atoms with van der Waals surface area (Å²) in [6, 6.07) is 13.6. The van der Waals surface area contributed by atoms with Gasteiger partial charge in [0.1, 0.15) is 12.3 Å². The highest BCUT2D eigenvalue weighted by Crippen LogP contribution is 2.22. The molecular formula is C21H20N2O6. The maximum Gasteiger partial charge on any atom is 0.326 e. The van der Waals surface area contributed by atoms with Gasteiger partial charge in [-0.3, -0.25) is 24.1 Å². The number of amides is 3. The zero-order valence-corrected chi connectivity index (χ0v) is 16.1. The highest BCUT2D eigenvalue weighted by atomic mass is 16.5. The summed E-state index contributed by atoms with van der Waals surface area (Å²) in [5.41, 5.74) is 1.30. The van der Waals surface area contributed by atoms with E-state index in [0.717, 1.165) is 10.5 Å².